The van der Waals surface area contributed by atoms with Crippen LogP contribution in [0.2, 0.25) is 0 Å². The molecule has 2 N–H and O–H groups in total. The number of hydrogen-bond acceptors (Lipinski definition) is 4. The summed E-state index contributed by atoms with van der Waals surface area (Å²) < 4.78 is 10.6. The molecule has 1 rings (SSSR count). The van der Waals surface area contributed by atoms with Crippen molar-refractivity contribution in [3.8, 4) is 11.5 Å². The summed E-state index contributed by atoms with van der Waals surface area (Å²) in [6, 6.07) is 6.43. The van der Waals surface area contributed by atoms with Gasteiger partial charge in [-0.3, -0.25) is 0 Å². The molecule has 0 aromatic heterocycles. The van der Waals surface area contributed by atoms with E-state index in [1.807, 2.05) is 26.8 Å². The molecule has 1 aromatic rings. The van der Waals surface area contributed by atoms with E-state index in [0.717, 1.165) is 0 Å². The van der Waals surface area contributed by atoms with E-state index in [-0.39, 0.29) is 5.92 Å². The highest BCUT2D eigenvalue weighted by Gasteiger charge is 2.20. The number of benzene rings is 1. The summed E-state index contributed by atoms with van der Waals surface area (Å²) in [4.78, 5) is 11.7. The number of ether oxygens (including phenoxy) is 2. The van der Waals surface area contributed by atoms with E-state index in [2.05, 4.69) is 0 Å². The van der Waals surface area contributed by atoms with Gasteiger partial charge in [0.2, 0.25) is 0 Å². The van der Waals surface area contributed by atoms with Crippen LogP contribution < -0.4 is 15.2 Å². The van der Waals surface area contributed by atoms with Crippen LogP contribution in [0.15, 0.2) is 24.3 Å². The molecular formula is C13H19NO3. The van der Waals surface area contributed by atoms with Crippen LogP contribution in [-0.2, 0) is 4.79 Å². The van der Waals surface area contributed by atoms with Gasteiger partial charge in [0.1, 0.15) is 6.04 Å². The molecule has 0 radical (unpaired) electrons. The highest BCUT2D eigenvalue weighted by Crippen LogP contribution is 2.26. The zero-order valence-corrected chi connectivity index (χ0v) is 10.5. The van der Waals surface area contributed by atoms with Crippen LogP contribution in [0.25, 0.3) is 0 Å². The van der Waals surface area contributed by atoms with Crippen molar-refractivity contribution in [1.82, 2.24) is 0 Å². The van der Waals surface area contributed by atoms with Crippen LogP contribution in [0.3, 0.4) is 0 Å². The van der Waals surface area contributed by atoms with Gasteiger partial charge in [0.15, 0.2) is 11.5 Å². The van der Waals surface area contributed by atoms with Gasteiger partial charge in [-0.2, -0.15) is 0 Å². The van der Waals surface area contributed by atoms with Crippen LogP contribution in [0.5, 0.6) is 11.5 Å². The van der Waals surface area contributed by atoms with Crippen molar-refractivity contribution >= 4 is 5.97 Å². The summed E-state index contributed by atoms with van der Waals surface area (Å²) in [6.07, 6.45) is 0. The third-order valence-electron chi connectivity index (χ3n) is 2.35. The van der Waals surface area contributed by atoms with E-state index in [1.54, 1.807) is 18.2 Å². The third-order valence-corrected chi connectivity index (χ3v) is 2.35. The van der Waals surface area contributed by atoms with Gasteiger partial charge in [0.05, 0.1) is 6.61 Å². The Morgan fingerprint density at radius 1 is 1.29 bits per heavy atom. The lowest BCUT2D eigenvalue weighted by atomic mass is 10.1. The first-order chi connectivity index (χ1) is 8.06. The molecule has 17 heavy (non-hydrogen) atoms. The predicted molar refractivity (Wildman–Crippen MR) is 66.1 cm³/mol. The van der Waals surface area contributed by atoms with Crippen LogP contribution in [-0.4, -0.2) is 18.6 Å². The molecule has 0 spiro atoms. The Morgan fingerprint density at radius 2 is 1.88 bits per heavy atom. The van der Waals surface area contributed by atoms with Gasteiger partial charge in [-0.25, -0.2) is 4.79 Å². The van der Waals surface area contributed by atoms with Gasteiger partial charge in [0, 0.05) is 0 Å². The van der Waals surface area contributed by atoms with Gasteiger partial charge >= 0.3 is 5.97 Å². The summed E-state index contributed by atoms with van der Waals surface area (Å²) in [6.45, 7) is 6.14. The van der Waals surface area contributed by atoms with Crippen molar-refractivity contribution in [3.05, 3.63) is 24.3 Å². The molecule has 1 atom stereocenters. The monoisotopic (exact) mass is 237 g/mol. The number of para-hydroxylation sites is 2. The molecule has 0 fully saturated rings. The zero-order chi connectivity index (χ0) is 12.8. The third kappa shape index (κ3) is 3.75. The predicted octanol–water partition coefficient (Wildman–Crippen LogP) is 1.97. The molecule has 1 aromatic carbocycles. The fourth-order valence-electron chi connectivity index (χ4n) is 1.26. The van der Waals surface area contributed by atoms with Gasteiger partial charge in [-0.15, -0.1) is 0 Å². The fraction of sp³-hybridized carbons (Fsp3) is 0.462. The average molecular weight is 237 g/mol. The minimum Gasteiger partial charge on any atom is -0.490 e. The molecule has 1 unspecified atom stereocenters. The second-order valence-electron chi connectivity index (χ2n) is 4.07. The van der Waals surface area contributed by atoms with E-state index in [1.165, 1.54) is 0 Å². The lowest BCUT2D eigenvalue weighted by Gasteiger charge is -2.15. The molecule has 0 bridgehead atoms. The fourth-order valence-corrected chi connectivity index (χ4v) is 1.26. The summed E-state index contributed by atoms with van der Waals surface area (Å²) in [5, 5.41) is 0. The van der Waals surface area contributed by atoms with Crippen molar-refractivity contribution in [2.75, 3.05) is 6.61 Å². The summed E-state index contributed by atoms with van der Waals surface area (Å²) >= 11 is 0. The number of carbonyl (C=O) groups is 1. The average Bonchev–Trinajstić information content (AvgIpc) is 2.30. The Bertz CT molecular complexity index is 377. The van der Waals surface area contributed by atoms with Gasteiger partial charge in [-0.05, 0) is 25.0 Å². The lowest BCUT2D eigenvalue weighted by Crippen LogP contribution is -2.38. The summed E-state index contributed by atoms with van der Waals surface area (Å²) in [5.74, 6) is 0.573. The largest absolute Gasteiger partial charge is 0.490 e. The Balaban J connectivity index is 2.77. The first-order valence-corrected chi connectivity index (χ1v) is 5.75. The Labute approximate surface area is 102 Å². The van der Waals surface area contributed by atoms with E-state index < -0.39 is 12.0 Å². The number of hydrogen-bond donors (Lipinski definition) is 1. The molecule has 0 aliphatic carbocycles. The maximum atomic E-state index is 11.7. The normalized spacial score (nSPS) is 12.3. The Morgan fingerprint density at radius 3 is 2.41 bits per heavy atom. The maximum Gasteiger partial charge on any atom is 0.328 e. The number of carbonyl (C=O) groups excluding carboxylic acids is 1. The van der Waals surface area contributed by atoms with Crippen molar-refractivity contribution in [1.29, 1.82) is 0 Å². The van der Waals surface area contributed by atoms with Gasteiger partial charge < -0.3 is 15.2 Å². The van der Waals surface area contributed by atoms with Gasteiger partial charge in [-0.1, -0.05) is 26.0 Å². The van der Waals surface area contributed by atoms with Crippen LogP contribution in [0.4, 0.5) is 0 Å². The smallest absolute Gasteiger partial charge is 0.328 e. The highest BCUT2D eigenvalue weighted by atomic mass is 16.6. The number of rotatable bonds is 5. The number of esters is 1. The molecule has 4 heteroatoms. The molecule has 0 aliphatic heterocycles. The molecule has 0 saturated carbocycles. The minimum atomic E-state index is -0.621. The van der Waals surface area contributed by atoms with E-state index >= 15 is 0 Å². The molecule has 0 saturated heterocycles. The minimum absolute atomic E-state index is 0.0433. The second-order valence-corrected chi connectivity index (χ2v) is 4.07. The van der Waals surface area contributed by atoms with E-state index in [4.69, 9.17) is 15.2 Å². The molecule has 0 amide bonds. The van der Waals surface area contributed by atoms with Crippen molar-refractivity contribution in [3.63, 3.8) is 0 Å². The quantitative estimate of drug-likeness (QED) is 0.628. The zero-order valence-electron chi connectivity index (χ0n) is 10.5. The first-order valence-electron chi connectivity index (χ1n) is 5.75. The van der Waals surface area contributed by atoms with Crippen molar-refractivity contribution < 1.29 is 14.3 Å². The van der Waals surface area contributed by atoms with Crippen molar-refractivity contribution in [2.24, 2.45) is 11.7 Å². The first kappa shape index (κ1) is 13.5. The van der Waals surface area contributed by atoms with E-state index in [0.29, 0.717) is 18.1 Å². The van der Waals surface area contributed by atoms with Crippen LogP contribution in [0, 0.1) is 5.92 Å². The summed E-state index contributed by atoms with van der Waals surface area (Å²) in [7, 11) is 0. The molecule has 0 heterocycles. The van der Waals surface area contributed by atoms with Crippen LogP contribution >= 0.6 is 0 Å². The standard InChI is InChI=1S/C13H19NO3/c1-4-16-10-7-5-6-8-11(10)17-13(15)12(14)9(2)3/h5-9,12H,4,14H2,1-3H3. The van der Waals surface area contributed by atoms with E-state index in [9.17, 15) is 4.79 Å². The van der Waals surface area contributed by atoms with Crippen LogP contribution in [0.1, 0.15) is 20.8 Å². The maximum absolute atomic E-state index is 11.7. The highest BCUT2D eigenvalue weighted by molar-refractivity contribution is 5.78. The second kappa shape index (κ2) is 6.25. The number of nitrogens with two attached hydrogens (primary N) is 1. The Kier molecular flexibility index (Phi) is 4.97. The molecule has 0 aliphatic rings. The molecule has 4 nitrogen and oxygen atoms in total. The topological polar surface area (TPSA) is 61.5 Å². The Hall–Kier alpha value is -1.55. The molecule has 94 valence electrons. The van der Waals surface area contributed by atoms with Gasteiger partial charge in [0.25, 0.3) is 0 Å². The summed E-state index contributed by atoms with van der Waals surface area (Å²) in [5.41, 5.74) is 5.72. The lowest BCUT2D eigenvalue weighted by molar-refractivity contribution is -0.136. The van der Waals surface area contributed by atoms with Crippen molar-refractivity contribution in [2.45, 2.75) is 26.8 Å². The molecular weight excluding hydrogens is 218 g/mol. The SMILES string of the molecule is CCOc1ccccc1OC(=O)C(N)C(C)C.